The normalized spacial score (nSPS) is 13.0. The standard InChI is InChI=1S/C8H10NO/c9-8(6-10)7-4-2-1-3-5-7/h1-5,8-10H,6H2/t8-/m1/s1. The molecule has 10 heavy (non-hydrogen) atoms. The highest BCUT2D eigenvalue weighted by atomic mass is 16.3. The third-order valence-electron chi connectivity index (χ3n) is 1.38. The topological polar surface area (TPSA) is 44.0 Å². The quantitative estimate of drug-likeness (QED) is 0.647. The van der Waals surface area contributed by atoms with Gasteiger partial charge in [0.2, 0.25) is 0 Å². The van der Waals surface area contributed by atoms with Crippen molar-refractivity contribution < 1.29 is 5.11 Å². The Kier molecular flexibility index (Phi) is 2.42. The minimum Gasteiger partial charge on any atom is -0.394 e. The number of benzene rings is 1. The minimum atomic E-state index is -0.485. The summed E-state index contributed by atoms with van der Waals surface area (Å²) in [5.41, 5.74) is 8.18. The highest BCUT2D eigenvalue weighted by molar-refractivity contribution is 5.17. The van der Waals surface area contributed by atoms with Crippen LogP contribution >= 0.6 is 0 Å². The van der Waals surface area contributed by atoms with Gasteiger partial charge in [0.15, 0.2) is 0 Å². The van der Waals surface area contributed by atoms with Crippen LogP contribution in [0.4, 0.5) is 0 Å². The van der Waals surface area contributed by atoms with Gasteiger partial charge in [-0.05, 0) is 5.56 Å². The Morgan fingerprint density at radius 3 is 2.40 bits per heavy atom. The molecule has 1 aromatic rings. The molecule has 53 valence electrons. The molecule has 0 unspecified atom stereocenters. The Hall–Kier alpha value is -0.860. The van der Waals surface area contributed by atoms with Crippen LogP contribution in [-0.4, -0.2) is 11.7 Å². The van der Waals surface area contributed by atoms with E-state index in [1.807, 2.05) is 30.3 Å². The fourth-order valence-corrected chi connectivity index (χ4v) is 0.791. The molecule has 1 rings (SSSR count). The van der Waals surface area contributed by atoms with E-state index in [-0.39, 0.29) is 6.61 Å². The van der Waals surface area contributed by atoms with Gasteiger partial charge in [-0.1, -0.05) is 30.3 Å². The maximum atomic E-state index is 8.60. The van der Waals surface area contributed by atoms with Crippen LogP contribution in [0.15, 0.2) is 30.3 Å². The predicted octanol–water partition coefficient (Wildman–Crippen LogP) is 1.00. The van der Waals surface area contributed by atoms with E-state index in [4.69, 9.17) is 10.8 Å². The molecule has 1 aromatic carbocycles. The third-order valence-corrected chi connectivity index (χ3v) is 1.38. The van der Waals surface area contributed by atoms with E-state index in [1.54, 1.807) is 0 Å². The Morgan fingerprint density at radius 2 is 1.90 bits per heavy atom. The van der Waals surface area contributed by atoms with Crippen molar-refractivity contribution in [3.8, 4) is 0 Å². The van der Waals surface area contributed by atoms with Gasteiger partial charge >= 0.3 is 0 Å². The first-order valence-corrected chi connectivity index (χ1v) is 3.21. The van der Waals surface area contributed by atoms with Crippen molar-refractivity contribution in [3.05, 3.63) is 35.9 Å². The summed E-state index contributed by atoms with van der Waals surface area (Å²) >= 11 is 0. The summed E-state index contributed by atoms with van der Waals surface area (Å²) < 4.78 is 0. The monoisotopic (exact) mass is 136 g/mol. The van der Waals surface area contributed by atoms with E-state index in [1.165, 1.54) is 0 Å². The molecule has 0 aliphatic heterocycles. The number of aliphatic hydroxyl groups excluding tert-OH is 1. The largest absolute Gasteiger partial charge is 0.394 e. The Bertz CT molecular complexity index is 186. The van der Waals surface area contributed by atoms with Crippen molar-refractivity contribution in [3.63, 3.8) is 0 Å². The Labute approximate surface area is 60.3 Å². The second-order valence-electron chi connectivity index (χ2n) is 2.15. The molecule has 0 aromatic heterocycles. The summed E-state index contributed by atoms with van der Waals surface area (Å²) in [7, 11) is 0. The number of hydrogen-bond acceptors (Lipinski definition) is 1. The molecular formula is C8H10NO. The number of nitrogens with one attached hydrogen (secondary N) is 1. The molecule has 0 spiro atoms. The Balaban J connectivity index is 2.75. The molecular weight excluding hydrogens is 126 g/mol. The molecule has 0 saturated carbocycles. The lowest BCUT2D eigenvalue weighted by atomic mass is 10.1. The van der Waals surface area contributed by atoms with Gasteiger partial charge in [-0.15, -0.1) is 0 Å². The maximum absolute atomic E-state index is 8.60. The van der Waals surface area contributed by atoms with E-state index in [0.29, 0.717) is 0 Å². The second kappa shape index (κ2) is 3.34. The summed E-state index contributed by atoms with van der Waals surface area (Å²) in [4.78, 5) is 0. The fourth-order valence-electron chi connectivity index (χ4n) is 0.791. The van der Waals surface area contributed by atoms with Crippen molar-refractivity contribution >= 4 is 0 Å². The number of rotatable bonds is 2. The van der Waals surface area contributed by atoms with Crippen molar-refractivity contribution in [2.45, 2.75) is 6.04 Å². The molecule has 1 atom stereocenters. The maximum Gasteiger partial charge on any atom is 0.0693 e. The van der Waals surface area contributed by atoms with Crippen LogP contribution < -0.4 is 5.73 Å². The molecule has 2 nitrogen and oxygen atoms in total. The molecule has 0 saturated heterocycles. The first-order chi connectivity index (χ1) is 4.84. The predicted molar refractivity (Wildman–Crippen MR) is 39.4 cm³/mol. The third kappa shape index (κ3) is 1.56. The van der Waals surface area contributed by atoms with Crippen molar-refractivity contribution in [2.75, 3.05) is 6.61 Å². The molecule has 0 fully saturated rings. The van der Waals surface area contributed by atoms with Gasteiger partial charge in [-0.25, -0.2) is 5.73 Å². The Morgan fingerprint density at radius 1 is 1.30 bits per heavy atom. The van der Waals surface area contributed by atoms with Gasteiger partial charge in [0.1, 0.15) is 0 Å². The highest BCUT2D eigenvalue weighted by Gasteiger charge is 2.01. The van der Waals surface area contributed by atoms with Gasteiger partial charge < -0.3 is 5.11 Å². The minimum absolute atomic E-state index is 0.107. The zero-order valence-corrected chi connectivity index (χ0v) is 5.62. The lowest BCUT2D eigenvalue weighted by molar-refractivity contribution is 0.264. The van der Waals surface area contributed by atoms with Crippen LogP contribution in [0.3, 0.4) is 0 Å². The number of aliphatic hydroxyl groups is 1. The van der Waals surface area contributed by atoms with Gasteiger partial charge in [-0.2, -0.15) is 0 Å². The molecule has 0 amide bonds. The highest BCUT2D eigenvalue weighted by Crippen LogP contribution is 2.08. The second-order valence-corrected chi connectivity index (χ2v) is 2.15. The van der Waals surface area contributed by atoms with Crippen molar-refractivity contribution in [2.24, 2.45) is 0 Å². The molecule has 0 heterocycles. The van der Waals surface area contributed by atoms with E-state index in [0.717, 1.165) is 5.56 Å². The van der Waals surface area contributed by atoms with Crippen LogP contribution in [0.1, 0.15) is 11.6 Å². The van der Waals surface area contributed by atoms with Crippen LogP contribution in [0.2, 0.25) is 0 Å². The molecule has 0 aliphatic carbocycles. The zero-order valence-electron chi connectivity index (χ0n) is 5.62. The molecule has 0 aliphatic rings. The zero-order chi connectivity index (χ0) is 7.40. The van der Waals surface area contributed by atoms with Crippen LogP contribution in [0.5, 0.6) is 0 Å². The van der Waals surface area contributed by atoms with Gasteiger partial charge in [0, 0.05) is 0 Å². The lowest BCUT2D eigenvalue weighted by Crippen LogP contribution is -2.03. The van der Waals surface area contributed by atoms with Gasteiger partial charge in [0.25, 0.3) is 0 Å². The molecule has 1 radical (unpaired) electrons. The van der Waals surface area contributed by atoms with E-state index in [2.05, 4.69) is 0 Å². The summed E-state index contributed by atoms with van der Waals surface area (Å²) in [6.07, 6.45) is 0. The van der Waals surface area contributed by atoms with Gasteiger partial charge in [0.05, 0.1) is 12.6 Å². The van der Waals surface area contributed by atoms with Crippen molar-refractivity contribution in [1.29, 1.82) is 0 Å². The fraction of sp³-hybridized carbons (Fsp3) is 0.250. The first-order valence-electron chi connectivity index (χ1n) is 3.21. The van der Waals surface area contributed by atoms with Gasteiger partial charge in [-0.3, -0.25) is 0 Å². The lowest BCUT2D eigenvalue weighted by Gasteiger charge is -2.04. The van der Waals surface area contributed by atoms with E-state index < -0.39 is 6.04 Å². The molecule has 0 bridgehead atoms. The number of hydrogen-bond donors (Lipinski definition) is 1. The van der Waals surface area contributed by atoms with Crippen LogP contribution in [0, 0.1) is 0 Å². The smallest absolute Gasteiger partial charge is 0.0693 e. The van der Waals surface area contributed by atoms with E-state index in [9.17, 15) is 0 Å². The summed E-state index contributed by atoms with van der Waals surface area (Å²) in [6.45, 7) is -0.107. The first kappa shape index (κ1) is 7.25. The SMILES string of the molecule is [NH][C@H](CO)c1ccccc1. The van der Waals surface area contributed by atoms with Crippen LogP contribution in [-0.2, 0) is 0 Å². The summed E-state index contributed by atoms with van der Waals surface area (Å²) in [5, 5.41) is 8.60. The molecule has 2 heteroatoms. The average Bonchev–Trinajstić information content (AvgIpc) is 2.05. The summed E-state index contributed by atoms with van der Waals surface area (Å²) in [5.74, 6) is 0. The van der Waals surface area contributed by atoms with Crippen molar-refractivity contribution in [1.82, 2.24) is 5.73 Å². The average molecular weight is 136 g/mol. The molecule has 2 N–H and O–H groups in total. The van der Waals surface area contributed by atoms with Crippen LogP contribution in [0.25, 0.3) is 0 Å². The van der Waals surface area contributed by atoms with E-state index >= 15 is 0 Å². The summed E-state index contributed by atoms with van der Waals surface area (Å²) in [6, 6.07) is 8.83.